The van der Waals surface area contributed by atoms with Crippen LogP contribution in [0.1, 0.15) is 46.1 Å². The first-order valence-corrected chi connectivity index (χ1v) is 8.43. The van der Waals surface area contributed by atoms with Gasteiger partial charge in [0.2, 0.25) is 11.6 Å². The topological polar surface area (TPSA) is 93.0 Å². The Bertz CT molecular complexity index is 723. The normalized spacial score (nSPS) is 11.2. The zero-order valence-corrected chi connectivity index (χ0v) is 15.2. The summed E-state index contributed by atoms with van der Waals surface area (Å²) in [5.74, 6) is 0.377. The smallest absolute Gasteiger partial charge is 0.353 e. The van der Waals surface area contributed by atoms with E-state index in [1.54, 1.807) is 0 Å². The molecule has 2 rings (SSSR count). The van der Waals surface area contributed by atoms with E-state index in [-0.39, 0.29) is 22.9 Å². The van der Waals surface area contributed by atoms with Crippen molar-refractivity contribution in [1.29, 1.82) is 0 Å². The minimum absolute atomic E-state index is 0.160. The van der Waals surface area contributed by atoms with Crippen LogP contribution in [0.5, 0.6) is 0 Å². The maximum atomic E-state index is 11.5. The molecule has 0 saturated carbocycles. The summed E-state index contributed by atoms with van der Waals surface area (Å²) in [6.07, 6.45) is 4.64. The zero-order valence-electron chi connectivity index (χ0n) is 15.2. The molecule has 0 saturated heterocycles. The van der Waals surface area contributed by atoms with Crippen molar-refractivity contribution in [3.05, 3.63) is 46.3 Å². The van der Waals surface area contributed by atoms with Gasteiger partial charge in [-0.05, 0) is 51.3 Å². The Labute approximate surface area is 148 Å². The van der Waals surface area contributed by atoms with Gasteiger partial charge in [0.25, 0.3) is 0 Å². The van der Waals surface area contributed by atoms with Crippen LogP contribution in [0, 0.1) is 10.1 Å². The molecule has 0 aliphatic carbocycles. The molecule has 7 heteroatoms. The molecule has 0 fully saturated rings. The predicted octanol–water partition coefficient (Wildman–Crippen LogP) is 4.68. The van der Waals surface area contributed by atoms with Gasteiger partial charge >= 0.3 is 5.69 Å². The second-order valence-corrected chi connectivity index (χ2v) is 6.98. The highest BCUT2D eigenvalue weighted by Crippen LogP contribution is 2.32. The molecule has 2 aromatic rings. The number of hydrogen-bond acceptors (Lipinski definition) is 6. The number of aromatic nitrogens is 2. The van der Waals surface area contributed by atoms with E-state index >= 15 is 0 Å². The van der Waals surface area contributed by atoms with Crippen molar-refractivity contribution >= 4 is 23.0 Å². The molecule has 1 aromatic carbocycles. The van der Waals surface area contributed by atoms with E-state index < -0.39 is 4.92 Å². The van der Waals surface area contributed by atoms with Crippen molar-refractivity contribution < 1.29 is 4.92 Å². The van der Waals surface area contributed by atoms with E-state index in [0.29, 0.717) is 0 Å². The molecular weight excluding hydrogens is 318 g/mol. The van der Waals surface area contributed by atoms with E-state index in [9.17, 15) is 10.1 Å². The lowest BCUT2D eigenvalue weighted by Crippen LogP contribution is -2.27. The molecule has 0 aliphatic heterocycles. The van der Waals surface area contributed by atoms with Crippen molar-refractivity contribution in [2.24, 2.45) is 0 Å². The van der Waals surface area contributed by atoms with Crippen LogP contribution in [0.2, 0.25) is 0 Å². The number of nitrogens with one attached hydrogen (secondary N) is 2. The maximum Gasteiger partial charge on any atom is 0.353 e. The van der Waals surface area contributed by atoms with Crippen molar-refractivity contribution in [3.63, 3.8) is 0 Å². The SMILES string of the molecule is CCCCc1ccc(Nc2ncnc(NC(C)(C)C)c2[N+](=O)[O-])cc1. The number of aryl methyl sites for hydroxylation is 1. The van der Waals surface area contributed by atoms with Gasteiger partial charge in [-0.25, -0.2) is 9.97 Å². The number of nitrogens with zero attached hydrogens (tertiary/aromatic N) is 3. The Morgan fingerprint density at radius 1 is 1.12 bits per heavy atom. The molecule has 0 amide bonds. The highest BCUT2D eigenvalue weighted by molar-refractivity contribution is 5.74. The Hall–Kier alpha value is -2.70. The van der Waals surface area contributed by atoms with Crippen LogP contribution < -0.4 is 10.6 Å². The summed E-state index contributed by atoms with van der Waals surface area (Å²) in [6.45, 7) is 7.91. The molecule has 0 unspecified atom stereocenters. The summed E-state index contributed by atoms with van der Waals surface area (Å²) in [5.41, 5.74) is 1.49. The minimum atomic E-state index is -0.466. The van der Waals surface area contributed by atoms with E-state index in [2.05, 4.69) is 27.5 Å². The molecule has 0 radical (unpaired) electrons. The molecule has 1 heterocycles. The number of rotatable bonds is 7. The summed E-state index contributed by atoms with van der Waals surface area (Å²) < 4.78 is 0. The van der Waals surface area contributed by atoms with Gasteiger partial charge in [0.05, 0.1) is 4.92 Å². The van der Waals surface area contributed by atoms with Gasteiger partial charge in [0.1, 0.15) is 6.33 Å². The summed E-state index contributed by atoms with van der Waals surface area (Å²) in [7, 11) is 0. The molecule has 134 valence electrons. The first kappa shape index (κ1) is 18.6. The Balaban J connectivity index is 2.26. The molecule has 1 aromatic heterocycles. The first-order chi connectivity index (χ1) is 11.8. The fourth-order valence-electron chi connectivity index (χ4n) is 2.36. The van der Waals surface area contributed by atoms with Crippen LogP contribution in [0.25, 0.3) is 0 Å². The molecule has 0 aliphatic rings. The van der Waals surface area contributed by atoms with Crippen molar-refractivity contribution in [2.75, 3.05) is 10.6 Å². The van der Waals surface area contributed by atoms with Crippen LogP contribution in [0.3, 0.4) is 0 Å². The highest BCUT2D eigenvalue weighted by Gasteiger charge is 2.25. The maximum absolute atomic E-state index is 11.5. The van der Waals surface area contributed by atoms with Crippen molar-refractivity contribution in [1.82, 2.24) is 9.97 Å². The number of hydrogen-bond donors (Lipinski definition) is 2. The molecule has 7 nitrogen and oxygen atoms in total. The van der Waals surface area contributed by atoms with Crippen LogP contribution in [-0.2, 0) is 6.42 Å². The van der Waals surface area contributed by atoms with E-state index in [4.69, 9.17) is 0 Å². The summed E-state index contributed by atoms with van der Waals surface area (Å²) in [5, 5.41) is 17.6. The van der Waals surface area contributed by atoms with Gasteiger partial charge in [0, 0.05) is 11.2 Å². The summed E-state index contributed by atoms with van der Waals surface area (Å²) >= 11 is 0. The van der Waals surface area contributed by atoms with Crippen LogP contribution in [-0.4, -0.2) is 20.4 Å². The van der Waals surface area contributed by atoms with Gasteiger partial charge in [-0.15, -0.1) is 0 Å². The quantitative estimate of drug-likeness (QED) is 0.560. The lowest BCUT2D eigenvalue weighted by molar-refractivity contribution is -0.383. The van der Waals surface area contributed by atoms with Crippen molar-refractivity contribution in [3.8, 4) is 0 Å². The standard InChI is InChI=1S/C18H25N5O2/c1-5-6-7-13-8-10-14(11-9-13)21-16-15(23(24)25)17(20-12-19-16)22-18(2,3)4/h8-12H,5-7H2,1-4H3,(H2,19,20,21,22). The van der Waals surface area contributed by atoms with E-state index in [1.165, 1.54) is 11.9 Å². The molecule has 2 N–H and O–H groups in total. The second-order valence-electron chi connectivity index (χ2n) is 6.98. The Kier molecular flexibility index (Phi) is 5.90. The van der Waals surface area contributed by atoms with E-state index in [0.717, 1.165) is 24.9 Å². The molecule has 0 spiro atoms. The number of anilines is 3. The predicted molar refractivity (Wildman–Crippen MR) is 100 cm³/mol. The minimum Gasteiger partial charge on any atom is -0.360 e. The van der Waals surface area contributed by atoms with Gasteiger partial charge in [0.15, 0.2) is 0 Å². The highest BCUT2D eigenvalue weighted by atomic mass is 16.6. The lowest BCUT2D eigenvalue weighted by Gasteiger charge is -2.21. The van der Waals surface area contributed by atoms with Crippen LogP contribution in [0.15, 0.2) is 30.6 Å². The first-order valence-electron chi connectivity index (χ1n) is 8.43. The second kappa shape index (κ2) is 7.92. The van der Waals surface area contributed by atoms with E-state index in [1.807, 2.05) is 45.0 Å². The average Bonchev–Trinajstić information content (AvgIpc) is 2.52. The average molecular weight is 343 g/mol. The molecular formula is C18H25N5O2. The number of benzene rings is 1. The molecule has 0 atom stereocenters. The Morgan fingerprint density at radius 3 is 2.32 bits per heavy atom. The van der Waals surface area contributed by atoms with Gasteiger partial charge < -0.3 is 10.6 Å². The fraction of sp³-hybridized carbons (Fsp3) is 0.444. The zero-order chi connectivity index (χ0) is 18.4. The fourth-order valence-corrected chi connectivity index (χ4v) is 2.36. The van der Waals surface area contributed by atoms with Gasteiger partial charge in [-0.1, -0.05) is 25.5 Å². The van der Waals surface area contributed by atoms with Crippen molar-refractivity contribution in [2.45, 2.75) is 52.5 Å². The number of unbranched alkanes of at least 4 members (excludes halogenated alkanes) is 1. The number of nitro groups is 1. The third-order valence-electron chi connectivity index (χ3n) is 3.53. The third kappa shape index (κ3) is 5.41. The lowest BCUT2D eigenvalue weighted by atomic mass is 10.1. The summed E-state index contributed by atoms with van der Waals surface area (Å²) in [4.78, 5) is 19.2. The van der Waals surface area contributed by atoms with Crippen LogP contribution >= 0.6 is 0 Å². The van der Waals surface area contributed by atoms with Gasteiger partial charge in [-0.3, -0.25) is 10.1 Å². The molecule has 0 bridgehead atoms. The van der Waals surface area contributed by atoms with Crippen LogP contribution in [0.4, 0.5) is 23.0 Å². The summed E-state index contributed by atoms with van der Waals surface area (Å²) in [6, 6.07) is 7.88. The largest absolute Gasteiger partial charge is 0.360 e. The molecule has 25 heavy (non-hydrogen) atoms. The monoisotopic (exact) mass is 343 g/mol. The Morgan fingerprint density at radius 2 is 1.76 bits per heavy atom. The van der Waals surface area contributed by atoms with Gasteiger partial charge in [-0.2, -0.15) is 0 Å². The third-order valence-corrected chi connectivity index (χ3v) is 3.53.